The van der Waals surface area contributed by atoms with Crippen molar-refractivity contribution in [1.29, 1.82) is 0 Å². The van der Waals surface area contributed by atoms with E-state index in [1.165, 1.54) is 11.3 Å². The predicted octanol–water partition coefficient (Wildman–Crippen LogP) is 2.43. The first kappa shape index (κ1) is 15.7. The molecule has 2 amide bonds. The fourth-order valence-corrected chi connectivity index (χ4v) is 3.51. The highest BCUT2D eigenvalue weighted by Crippen LogP contribution is 2.30. The Morgan fingerprint density at radius 2 is 2.14 bits per heavy atom. The molecule has 0 unspecified atom stereocenters. The minimum atomic E-state index is -0.258. The summed E-state index contributed by atoms with van der Waals surface area (Å²) in [6.07, 6.45) is 0. The Balaban J connectivity index is 2.01. The summed E-state index contributed by atoms with van der Waals surface area (Å²) in [6, 6.07) is 3.98. The summed E-state index contributed by atoms with van der Waals surface area (Å²) in [5.74, 6) is -0.453. The van der Waals surface area contributed by atoms with Crippen molar-refractivity contribution in [3.05, 3.63) is 28.1 Å². The summed E-state index contributed by atoms with van der Waals surface area (Å²) in [6.45, 7) is 5.53. The maximum Gasteiger partial charge on any atom is 0.263 e. The molecule has 0 fully saturated rings. The molecule has 0 spiro atoms. The summed E-state index contributed by atoms with van der Waals surface area (Å²) < 4.78 is 0. The highest BCUT2D eigenvalue weighted by Gasteiger charge is 2.17. The minimum Gasteiger partial charge on any atom is -0.352 e. The van der Waals surface area contributed by atoms with Crippen molar-refractivity contribution >= 4 is 34.5 Å². The normalized spacial score (nSPS) is 10.7. The van der Waals surface area contributed by atoms with Crippen molar-refractivity contribution in [1.82, 2.24) is 15.6 Å². The lowest BCUT2D eigenvalue weighted by Gasteiger charge is -2.08. The Bertz CT molecular complexity index is 633. The SMILES string of the molecule is Cc1nc(-c2cccs2)sc1C(=O)NCC(=O)NC(C)C. The molecule has 2 N–H and O–H groups in total. The Hall–Kier alpha value is -1.73. The standard InChI is InChI=1S/C14H17N3O2S2/c1-8(2)16-11(18)7-15-13(19)12-9(3)17-14(21-12)10-5-4-6-20-10/h4-6,8H,7H2,1-3H3,(H,15,19)(H,16,18). The largest absolute Gasteiger partial charge is 0.352 e. The van der Waals surface area contributed by atoms with Gasteiger partial charge in [-0.3, -0.25) is 9.59 Å². The van der Waals surface area contributed by atoms with Crippen molar-refractivity contribution in [3.8, 4) is 9.88 Å². The van der Waals surface area contributed by atoms with Crippen LogP contribution >= 0.6 is 22.7 Å². The molecule has 0 aliphatic rings. The summed E-state index contributed by atoms with van der Waals surface area (Å²) in [7, 11) is 0. The van der Waals surface area contributed by atoms with E-state index in [4.69, 9.17) is 0 Å². The Labute approximate surface area is 131 Å². The maximum absolute atomic E-state index is 12.1. The van der Waals surface area contributed by atoms with Crippen molar-refractivity contribution in [3.63, 3.8) is 0 Å². The number of nitrogens with zero attached hydrogens (tertiary/aromatic N) is 1. The average Bonchev–Trinajstić information content (AvgIpc) is 3.04. The van der Waals surface area contributed by atoms with Gasteiger partial charge in [-0.1, -0.05) is 6.07 Å². The van der Waals surface area contributed by atoms with Crippen molar-refractivity contribution in [2.75, 3.05) is 6.54 Å². The van der Waals surface area contributed by atoms with E-state index in [0.29, 0.717) is 10.6 Å². The molecule has 0 saturated carbocycles. The van der Waals surface area contributed by atoms with Crippen LogP contribution in [0, 0.1) is 6.92 Å². The van der Waals surface area contributed by atoms with Gasteiger partial charge in [0.05, 0.1) is 17.1 Å². The zero-order chi connectivity index (χ0) is 15.4. The number of nitrogens with one attached hydrogen (secondary N) is 2. The van der Waals surface area contributed by atoms with Gasteiger partial charge in [-0.25, -0.2) is 4.98 Å². The van der Waals surface area contributed by atoms with E-state index in [1.807, 2.05) is 31.4 Å². The van der Waals surface area contributed by atoms with Gasteiger partial charge < -0.3 is 10.6 Å². The molecule has 21 heavy (non-hydrogen) atoms. The van der Waals surface area contributed by atoms with Gasteiger partial charge in [0.15, 0.2) is 0 Å². The molecule has 2 heterocycles. The van der Waals surface area contributed by atoms with Crippen LogP contribution in [0.5, 0.6) is 0 Å². The van der Waals surface area contributed by atoms with Crippen molar-refractivity contribution in [2.45, 2.75) is 26.8 Å². The fraction of sp³-hybridized carbons (Fsp3) is 0.357. The molecule has 0 aromatic carbocycles. The molecular formula is C14H17N3O2S2. The summed E-state index contributed by atoms with van der Waals surface area (Å²) in [5.41, 5.74) is 0.685. The quantitative estimate of drug-likeness (QED) is 0.888. The molecule has 7 heteroatoms. The molecule has 5 nitrogen and oxygen atoms in total. The van der Waals surface area contributed by atoms with E-state index in [9.17, 15) is 9.59 Å². The second-order valence-corrected chi connectivity index (χ2v) is 6.76. The third kappa shape index (κ3) is 4.12. The zero-order valence-electron chi connectivity index (χ0n) is 12.1. The molecule has 0 radical (unpaired) electrons. The van der Waals surface area contributed by atoms with Gasteiger partial charge in [0.1, 0.15) is 9.88 Å². The summed E-state index contributed by atoms with van der Waals surface area (Å²) in [4.78, 5) is 29.7. The van der Waals surface area contributed by atoms with Gasteiger partial charge in [0.25, 0.3) is 5.91 Å². The monoisotopic (exact) mass is 323 g/mol. The van der Waals surface area contributed by atoms with Crippen LogP contribution in [0.3, 0.4) is 0 Å². The maximum atomic E-state index is 12.1. The molecule has 0 bridgehead atoms. The second kappa shape index (κ2) is 6.82. The third-order valence-corrected chi connectivity index (χ3v) is 4.79. The molecule has 0 atom stereocenters. The van der Waals surface area contributed by atoms with Gasteiger partial charge >= 0.3 is 0 Å². The number of carbonyl (C=O) groups is 2. The first-order chi connectivity index (χ1) is 9.97. The number of carbonyl (C=O) groups excluding carboxylic acids is 2. The van der Waals surface area contributed by atoms with Crippen LogP contribution in [0.2, 0.25) is 0 Å². The topological polar surface area (TPSA) is 71.1 Å². The first-order valence-corrected chi connectivity index (χ1v) is 8.26. The molecule has 0 aliphatic heterocycles. The number of hydrogen-bond donors (Lipinski definition) is 2. The van der Waals surface area contributed by atoms with Crippen molar-refractivity contribution in [2.24, 2.45) is 0 Å². The number of rotatable bonds is 5. The highest BCUT2D eigenvalue weighted by atomic mass is 32.1. The van der Waals surface area contributed by atoms with Gasteiger partial charge in [-0.15, -0.1) is 22.7 Å². The van der Waals surface area contributed by atoms with E-state index in [1.54, 1.807) is 18.3 Å². The van der Waals surface area contributed by atoms with Crippen LogP contribution in [0.15, 0.2) is 17.5 Å². The van der Waals surface area contributed by atoms with E-state index in [-0.39, 0.29) is 24.4 Å². The minimum absolute atomic E-state index is 0.0251. The average molecular weight is 323 g/mol. The lowest BCUT2D eigenvalue weighted by atomic mass is 10.3. The Morgan fingerprint density at radius 3 is 2.76 bits per heavy atom. The molecule has 0 aliphatic carbocycles. The highest BCUT2D eigenvalue weighted by molar-refractivity contribution is 7.22. The van der Waals surface area contributed by atoms with E-state index in [2.05, 4.69) is 15.6 Å². The third-order valence-electron chi connectivity index (χ3n) is 2.59. The number of thiophene rings is 1. The summed E-state index contributed by atoms with van der Waals surface area (Å²) in [5, 5.41) is 8.16. The molecule has 2 aromatic heterocycles. The first-order valence-electron chi connectivity index (χ1n) is 6.56. The van der Waals surface area contributed by atoms with Crippen LogP contribution in [0.25, 0.3) is 9.88 Å². The fourth-order valence-electron chi connectivity index (χ4n) is 1.73. The van der Waals surface area contributed by atoms with E-state index < -0.39 is 0 Å². The van der Waals surface area contributed by atoms with Crippen LogP contribution < -0.4 is 10.6 Å². The smallest absolute Gasteiger partial charge is 0.263 e. The predicted molar refractivity (Wildman–Crippen MR) is 85.8 cm³/mol. The Kier molecular flexibility index (Phi) is 5.08. The van der Waals surface area contributed by atoms with Gasteiger partial charge in [0.2, 0.25) is 5.91 Å². The molecular weight excluding hydrogens is 306 g/mol. The van der Waals surface area contributed by atoms with Crippen LogP contribution in [0.1, 0.15) is 29.2 Å². The lowest BCUT2D eigenvalue weighted by Crippen LogP contribution is -2.39. The van der Waals surface area contributed by atoms with Crippen LogP contribution in [0.4, 0.5) is 0 Å². The number of aromatic nitrogens is 1. The Morgan fingerprint density at radius 1 is 1.38 bits per heavy atom. The lowest BCUT2D eigenvalue weighted by molar-refractivity contribution is -0.120. The van der Waals surface area contributed by atoms with Crippen molar-refractivity contribution < 1.29 is 9.59 Å². The number of aryl methyl sites for hydroxylation is 1. The molecule has 112 valence electrons. The molecule has 2 aromatic rings. The summed E-state index contributed by atoms with van der Waals surface area (Å²) >= 11 is 2.93. The van der Waals surface area contributed by atoms with E-state index >= 15 is 0 Å². The second-order valence-electron chi connectivity index (χ2n) is 4.82. The van der Waals surface area contributed by atoms with Crippen LogP contribution in [-0.2, 0) is 4.79 Å². The zero-order valence-corrected chi connectivity index (χ0v) is 13.7. The molecule has 0 saturated heterocycles. The van der Waals surface area contributed by atoms with Gasteiger partial charge in [-0.2, -0.15) is 0 Å². The van der Waals surface area contributed by atoms with Gasteiger partial charge in [0, 0.05) is 6.04 Å². The molecule has 2 rings (SSSR count). The number of thiazole rings is 1. The number of hydrogen-bond acceptors (Lipinski definition) is 5. The van der Waals surface area contributed by atoms with E-state index in [0.717, 1.165) is 9.88 Å². The number of amides is 2. The van der Waals surface area contributed by atoms with Crippen LogP contribution in [-0.4, -0.2) is 29.4 Å². The van der Waals surface area contributed by atoms with Gasteiger partial charge in [-0.05, 0) is 32.2 Å².